The Morgan fingerprint density at radius 1 is 1.33 bits per heavy atom. The normalized spacial score (nSPS) is 11.6. The van der Waals surface area contributed by atoms with Crippen molar-refractivity contribution in [3.05, 3.63) is 29.3 Å². The number of carboxylic acids is 1. The van der Waals surface area contributed by atoms with Gasteiger partial charge in [0.25, 0.3) is 0 Å². The van der Waals surface area contributed by atoms with Gasteiger partial charge in [0.15, 0.2) is 0 Å². The zero-order valence-electron chi connectivity index (χ0n) is 9.20. The predicted molar refractivity (Wildman–Crippen MR) is 60.8 cm³/mol. The zero-order valence-corrected chi connectivity index (χ0v) is 10.0. The molecule has 0 saturated heterocycles. The molecule has 0 amide bonds. The largest absolute Gasteiger partial charge is 0.478 e. The third-order valence-corrected chi connectivity index (χ3v) is 3.18. The highest BCUT2D eigenvalue weighted by molar-refractivity contribution is 7.99. The van der Waals surface area contributed by atoms with E-state index in [9.17, 15) is 18.0 Å². The minimum absolute atomic E-state index is 0.0354. The Kier molecular flexibility index (Phi) is 5.03. The number of rotatable bonds is 5. The number of aromatic carboxylic acids is 1. The highest BCUT2D eigenvalue weighted by Crippen LogP contribution is 2.34. The van der Waals surface area contributed by atoms with Crippen LogP contribution < -0.4 is 0 Å². The quantitative estimate of drug-likeness (QED) is 0.643. The van der Waals surface area contributed by atoms with Crippen LogP contribution in [0.4, 0.5) is 13.2 Å². The standard InChI is InChI=1S/C11H11F3O3S/c12-11(13,14)9-6-7(18-5-1-4-15)2-3-8(9)10(16)17/h2-3,6,15H,1,4-5H2,(H,16,17). The molecule has 0 aliphatic carbocycles. The van der Waals surface area contributed by atoms with Crippen molar-refractivity contribution in [2.75, 3.05) is 12.4 Å². The summed E-state index contributed by atoms with van der Waals surface area (Å²) in [5.74, 6) is -1.13. The molecule has 1 aromatic carbocycles. The molecule has 1 rings (SSSR count). The first-order valence-electron chi connectivity index (χ1n) is 5.04. The molecule has 0 aliphatic rings. The summed E-state index contributed by atoms with van der Waals surface area (Å²) in [6.45, 7) is -0.0354. The molecule has 0 fully saturated rings. The van der Waals surface area contributed by atoms with E-state index in [4.69, 9.17) is 10.2 Å². The van der Waals surface area contributed by atoms with Gasteiger partial charge in [0.1, 0.15) is 0 Å². The average molecular weight is 280 g/mol. The average Bonchev–Trinajstić information content (AvgIpc) is 2.28. The lowest BCUT2D eigenvalue weighted by Gasteiger charge is -2.11. The van der Waals surface area contributed by atoms with Gasteiger partial charge in [-0.05, 0) is 24.6 Å². The molecule has 0 spiro atoms. The SMILES string of the molecule is O=C(O)c1ccc(SCCCO)cc1C(F)(F)F. The fraction of sp³-hybridized carbons (Fsp3) is 0.364. The van der Waals surface area contributed by atoms with Gasteiger partial charge in [0.2, 0.25) is 0 Å². The van der Waals surface area contributed by atoms with E-state index in [2.05, 4.69) is 0 Å². The molecule has 1 aromatic rings. The van der Waals surface area contributed by atoms with Gasteiger partial charge in [0.05, 0.1) is 11.1 Å². The zero-order chi connectivity index (χ0) is 13.8. The van der Waals surface area contributed by atoms with E-state index in [-0.39, 0.29) is 6.61 Å². The van der Waals surface area contributed by atoms with Crippen LogP contribution >= 0.6 is 11.8 Å². The summed E-state index contributed by atoms with van der Waals surface area (Å²) in [6.07, 6.45) is -4.23. The molecule has 7 heteroatoms. The molecule has 0 heterocycles. The maximum absolute atomic E-state index is 12.7. The van der Waals surface area contributed by atoms with E-state index in [1.807, 2.05) is 0 Å². The summed E-state index contributed by atoms with van der Waals surface area (Å²) in [7, 11) is 0. The van der Waals surface area contributed by atoms with E-state index >= 15 is 0 Å². The third kappa shape index (κ3) is 3.92. The molecule has 3 nitrogen and oxygen atoms in total. The lowest BCUT2D eigenvalue weighted by molar-refractivity contribution is -0.138. The van der Waals surface area contributed by atoms with Gasteiger partial charge < -0.3 is 10.2 Å². The minimum Gasteiger partial charge on any atom is -0.478 e. The molecule has 18 heavy (non-hydrogen) atoms. The smallest absolute Gasteiger partial charge is 0.417 e. The number of carbonyl (C=O) groups is 1. The van der Waals surface area contributed by atoms with Gasteiger partial charge in [-0.1, -0.05) is 0 Å². The Bertz CT molecular complexity index is 432. The monoisotopic (exact) mass is 280 g/mol. The topological polar surface area (TPSA) is 57.5 Å². The maximum Gasteiger partial charge on any atom is 0.417 e. The van der Waals surface area contributed by atoms with Crippen molar-refractivity contribution in [2.24, 2.45) is 0 Å². The Balaban J connectivity index is 3.02. The van der Waals surface area contributed by atoms with Gasteiger partial charge in [-0.2, -0.15) is 13.2 Å². The summed E-state index contributed by atoms with van der Waals surface area (Å²) in [6, 6.07) is 3.11. The molecular weight excluding hydrogens is 269 g/mol. The molecule has 0 saturated carbocycles. The van der Waals surface area contributed by atoms with Crippen LogP contribution in [0.3, 0.4) is 0 Å². The van der Waals surface area contributed by atoms with E-state index in [1.54, 1.807) is 0 Å². The van der Waals surface area contributed by atoms with Crippen molar-refractivity contribution >= 4 is 17.7 Å². The Morgan fingerprint density at radius 2 is 2.00 bits per heavy atom. The summed E-state index contributed by atoms with van der Waals surface area (Å²) in [4.78, 5) is 11.0. The number of alkyl halides is 3. The second-order valence-electron chi connectivity index (χ2n) is 3.44. The first kappa shape index (κ1) is 14.8. The lowest BCUT2D eigenvalue weighted by atomic mass is 10.1. The minimum atomic E-state index is -4.69. The number of carboxylic acid groups (broad SMARTS) is 1. The Hall–Kier alpha value is -1.21. The summed E-state index contributed by atoms with van der Waals surface area (Å²) in [5, 5.41) is 17.3. The summed E-state index contributed by atoms with van der Waals surface area (Å²) >= 11 is 1.14. The van der Waals surface area contributed by atoms with E-state index in [0.717, 1.165) is 23.9 Å². The number of benzene rings is 1. The van der Waals surface area contributed by atoms with Crippen molar-refractivity contribution in [1.29, 1.82) is 0 Å². The number of thioether (sulfide) groups is 1. The number of hydrogen-bond acceptors (Lipinski definition) is 3. The highest BCUT2D eigenvalue weighted by Gasteiger charge is 2.35. The van der Waals surface area contributed by atoms with E-state index < -0.39 is 23.3 Å². The second kappa shape index (κ2) is 6.10. The molecule has 0 unspecified atom stereocenters. The van der Waals surface area contributed by atoms with Gasteiger partial charge in [-0.15, -0.1) is 11.8 Å². The summed E-state index contributed by atoms with van der Waals surface area (Å²) < 4.78 is 38.0. The first-order valence-corrected chi connectivity index (χ1v) is 6.03. The second-order valence-corrected chi connectivity index (χ2v) is 4.60. The molecule has 0 aromatic heterocycles. The van der Waals surface area contributed by atoms with Gasteiger partial charge in [-0.3, -0.25) is 0 Å². The third-order valence-electron chi connectivity index (χ3n) is 2.10. The van der Waals surface area contributed by atoms with E-state index in [1.165, 1.54) is 6.07 Å². The van der Waals surface area contributed by atoms with Crippen molar-refractivity contribution in [3.63, 3.8) is 0 Å². The fourth-order valence-electron chi connectivity index (χ4n) is 1.29. The van der Waals surface area contributed by atoms with Crippen LogP contribution in [0.2, 0.25) is 0 Å². The molecule has 2 N–H and O–H groups in total. The van der Waals surface area contributed by atoms with Crippen LogP contribution in [0.1, 0.15) is 22.3 Å². The van der Waals surface area contributed by atoms with Crippen LogP contribution in [-0.2, 0) is 6.18 Å². The van der Waals surface area contributed by atoms with Crippen LogP contribution in [-0.4, -0.2) is 28.5 Å². The van der Waals surface area contributed by atoms with Gasteiger partial charge in [0, 0.05) is 17.3 Å². The van der Waals surface area contributed by atoms with Crippen LogP contribution in [0.5, 0.6) is 0 Å². The molecular formula is C11H11F3O3S. The van der Waals surface area contributed by atoms with Crippen molar-refractivity contribution in [3.8, 4) is 0 Å². The lowest BCUT2D eigenvalue weighted by Crippen LogP contribution is -2.12. The molecule has 0 radical (unpaired) electrons. The van der Waals surface area contributed by atoms with Crippen LogP contribution in [0, 0.1) is 0 Å². The van der Waals surface area contributed by atoms with Crippen molar-refractivity contribution in [2.45, 2.75) is 17.5 Å². The molecule has 0 aliphatic heterocycles. The molecule has 0 bridgehead atoms. The summed E-state index contributed by atoms with van der Waals surface area (Å²) in [5.41, 5.74) is -1.90. The predicted octanol–water partition coefficient (Wildman–Crippen LogP) is 2.88. The fourth-order valence-corrected chi connectivity index (χ4v) is 2.16. The van der Waals surface area contributed by atoms with Crippen molar-refractivity contribution < 1.29 is 28.2 Å². The first-order chi connectivity index (χ1) is 8.36. The molecule has 100 valence electrons. The van der Waals surface area contributed by atoms with Crippen LogP contribution in [0.25, 0.3) is 0 Å². The van der Waals surface area contributed by atoms with Crippen molar-refractivity contribution in [1.82, 2.24) is 0 Å². The number of hydrogen-bond donors (Lipinski definition) is 2. The van der Waals surface area contributed by atoms with Crippen LogP contribution in [0.15, 0.2) is 23.1 Å². The van der Waals surface area contributed by atoms with Gasteiger partial charge >= 0.3 is 12.1 Å². The van der Waals surface area contributed by atoms with E-state index in [0.29, 0.717) is 17.1 Å². The maximum atomic E-state index is 12.7. The highest BCUT2D eigenvalue weighted by atomic mass is 32.2. The Morgan fingerprint density at radius 3 is 2.50 bits per heavy atom. The Labute approximate surface area is 106 Å². The van der Waals surface area contributed by atoms with Gasteiger partial charge in [-0.25, -0.2) is 4.79 Å². The number of halogens is 3. The number of aliphatic hydroxyl groups excluding tert-OH is 1. The molecule has 0 atom stereocenters. The number of aliphatic hydroxyl groups is 1.